The van der Waals surface area contributed by atoms with Gasteiger partial charge in [0.25, 0.3) is 0 Å². The minimum atomic E-state index is -1.08. The van der Waals surface area contributed by atoms with E-state index in [1.807, 2.05) is 0 Å². The quantitative estimate of drug-likeness (QED) is 0.323. The summed E-state index contributed by atoms with van der Waals surface area (Å²) >= 11 is 0. The number of carbonyl (C=O) groups excluding carboxylic acids is 1. The molecule has 0 saturated carbocycles. The first-order valence-corrected chi connectivity index (χ1v) is 6.71. The lowest BCUT2D eigenvalue weighted by atomic mass is 10.2. The number of anilines is 2. The molecular formula is C14H18FN3O5. The van der Waals surface area contributed by atoms with Gasteiger partial charge in [0.1, 0.15) is 0 Å². The highest BCUT2D eigenvalue weighted by Crippen LogP contribution is 2.31. The van der Waals surface area contributed by atoms with Crippen LogP contribution >= 0.6 is 0 Å². The first-order valence-electron chi connectivity index (χ1n) is 6.71. The maximum atomic E-state index is 13.8. The molecule has 0 spiro atoms. The van der Waals surface area contributed by atoms with Crippen molar-refractivity contribution < 1.29 is 24.3 Å². The molecule has 0 fully saturated rings. The van der Waals surface area contributed by atoms with Crippen molar-refractivity contribution in [1.29, 1.82) is 0 Å². The Balaban J connectivity index is 3.17. The normalized spacial score (nSPS) is 12.7. The fourth-order valence-corrected chi connectivity index (χ4v) is 1.80. The number of nitro groups is 1. The van der Waals surface area contributed by atoms with Gasteiger partial charge in [0.05, 0.1) is 29.0 Å². The molecule has 8 nitrogen and oxygen atoms in total. The van der Waals surface area contributed by atoms with Gasteiger partial charge in [-0.15, -0.1) is 0 Å². The van der Waals surface area contributed by atoms with E-state index in [-0.39, 0.29) is 23.7 Å². The van der Waals surface area contributed by atoms with E-state index in [2.05, 4.69) is 10.6 Å². The van der Waals surface area contributed by atoms with Crippen molar-refractivity contribution in [1.82, 2.24) is 0 Å². The van der Waals surface area contributed by atoms with Gasteiger partial charge in [-0.3, -0.25) is 14.9 Å². The number of halogens is 1. The number of ketones is 1. The Morgan fingerprint density at radius 3 is 2.61 bits per heavy atom. The zero-order chi connectivity index (χ0) is 17.6. The lowest BCUT2D eigenvalue weighted by Crippen LogP contribution is -2.23. The second-order valence-electron chi connectivity index (χ2n) is 4.89. The van der Waals surface area contributed by atoms with Crippen LogP contribution in [0.4, 0.5) is 21.5 Å². The average Bonchev–Trinajstić information content (AvgIpc) is 2.44. The van der Waals surface area contributed by atoms with Gasteiger partial charge in [0, 0.05) is 24.4 Å². The van der Waals surface area contributed by atoms with E-state index in [4.69, 9.17) is 5.11 Å². The summed E-state index contributed by atoms with van der Waals surface area (Å²) in [6.45, 7) is 2.33. The number of aliphatic hydroxyl groups is 2. The molecular weight excluding hydrogens is 309 g/mol. The van der Waals surface area contributed by atoms with E-state index in [9.17, 15) is 24.4 Å². The summed E-state index contributed by atoms with van der Waals surface area (Å²) in [6, 6.07) is 1.89. The Morgan fingerprint density at radius 2 is 2.09 bits per heavy atom. The Kier molecular flexibility index (Phi) is 6.61. The first-order chi connectivity index (χ1) is 10.7. The highest BCUT2D eigenvalue weighted by atomic mass is 19.1. The summed E-state index contributed by atoms with van der Waals surface area (Å²) in [4.78, 5) is 21.0. The van der Waals surface area contributed by atoms with Gasteiger partial charge in [0.15, 0.2) is 5.78 Å². The van der Waals surface area contributed by atoms with E-state index < -0.39 is 29.1 Å². The summed E-state index contributed by atoms with van der Waals surface area (Å²) < 4.78 is 13.8. The third-order valence-electron chi connectivity index (χ3n) is 2.77. The molecule has 23 heavy (non-hydrogen) atoms. The van der Waals surface area contributed by atoms with E-state index in [1.165, 1.54) is 13.0 Å². The van der Waals surface area contributed by atoms with E-state index >= 15 is 0 Å². The molecule has 9 heteroatoms. The molecule has 0 saturated heterocycles. The molecule has 0 aliphatic rings. The van der Waals surface area contributed by atoms with Crippen molar-refractivity contribution in [2.24, 2.45) is 0 Å². The second kappa shape index (κ2) is 8.20. The van der Waals surface area contributed by atoms with Gasteiger partial charge < -0.3 is 20.8 Å². The molecule has 1 aromatic carbocycles. The van der Waals surface area contributed by atoms with Crippen molar-refractivity contribution in [3.63, 3.8) is 0 Å². The van der Waals surface area contributed by atoms with Gasteiger partial charge >= 0.3 is 5.69 Å². The number of nitro benzene ring substituents is 1. The highest BCUT2D eigenvalue weighted by molar-refractivity contribution is 5.88. The van der Waals surface area contributed by atoms with Crippen molar-refractivity contribution in [2.75, 3.05) is 23.8 Å². The van der Waals surface area contributed by atoms with Crippen LogP contribution < -0.4 is 10.6 Å². The third-order valence-corrected chi connectivity index (χ3v) is 2.77. The highest BCUT2D eigenvalue weighted by Gasteiger charge is 2.19. The zero-order valence-electron chi connectivity index (χ0n) is 12.7. The molecule has 1 unspecified atom stereocenters. The lowest BCUT2D eigenvalue weighted by molar-refractivity contribution is -0.387. The fourth-order valence-electron chi connectivity index (χ4n) is 1.80. The molecule has 1 aromatic rings. The Labute approximate surface area is 131 Å². The Bertz CT molecular complexity index is 633. The largest absolute Gasteiger partial charge is 0.394 e. The van der Waals surface area contributed by atoms with Crippen molar-refractivity contribution >= 4 is 22.8 Å². The zero-order valence-corrected chi connectivity index (χ0v) is 12.7. The van der Waals surface area contributed by atoms with Crippen molar-refractivity contribution in [3.8, 4) is 0 Å². The number of nitrogens with one attached hydrogen (secondary N) is 2. The predicted molar refractivity (Wildman–Crippen MR) is 82.7 cm³/mol. The van der Waals surface area contributed by atoms with Gasteiger partial charge in [-0.2, -0.15) is 4.39 Å². The maximum Gasteiger partial charge on any atom is 0.307 e. The number of aliphatic hydroxyl groups excluding tert-OH is 2. The van der Waals surface area contributed by atoms with Crippen LogP contribution in [-0.2, 0) is 4.79 Å². The summed E-state index contributed by atoms with van der Waals surface area (Å²) in [5, 5.41) is 34.4. The number of benzene rings is 1. The van der Waals surface area contributed by atoms with E-state index in [1.54, 1.807) is 6.92 Å². The SMILES string of the molecule is CC(=O)C=C(C)Nc1cc(F)c([N+](=O)[O-])cc1NCC(O)CO. The molecule has 1 rings (SSSR count). The van der Waals surface area contributed by atoms with E-state index in [0.29, 0.717) is 5.70 Å². The molecule has 0 heterocycles. The van der Waals surface area contributed by atoms with Gasteiger partial charge in [-0.1, -0.05) is 0 Å². The molecule has 126 valence electrons. The number of rotatable bonds is 8. The molecule has 0 bridgehead atoms. The number of hydrogen-bond donors (Lipinski definition) is 4. The van der Waals surface area contributed by atoms with Gasteiger partial charge in [0.2, 0.25) is 5.82 Å². The molecule has 0 aromatic heterocycles. The van der Waals surface area contributed by atoms with Crippen LogP contribution in [0, 0.1) is 15.9 Å². The van der Waals surface area contributed by atoms with Crippen LogP contribution in [0.3, 0.4) is 0 Å². The molecule has 0 radical (unpaired) electrons. The van der Waals surface area contributed by atoms with Crippen molar-refractivity contribution in [2.45, 2.75) is 20.0 Å². The van der Waals surface area contributed by atoms with Crippen LogP contribution in [0.25, 0.3) is 0 Å². The first kappa shape index (κ1) is 18.5. The van der Waals surface area contributed by atoms with Crippen molar-refractivity contribution in [3.05, 3.63) is 39.8 Å². The van der Waals surface area contributed by atoms with Gasteiger partial charge in [-0.25, -0.2) is 0 Å². The second-order valence-corrected chi connectivity index (χ2v) is 4.89. The van der Waals surface area contributed by atoms with Crippen LogP contribution in [0.15, 0.2) is 23.9 Å². The number of allylic oxidation sites excluding steroid dienone is 2. The van der Waals surface area contributed by atoms with Crippen LogP contribution in [0.2, 0.25) is 0 Å². The Hall–Kier alpha value is -2.52. The topological polar surface area (TPSA) is 125 Å². The Morgan fingerprint density at radius 1 is 1.43 bits per heavy atom. The summed E-state index contributed by atoms with van der Waals surface area (Å²) in [6.07, 6.45) is 0.201. The van der Waals surface area contributed by atoms with Crippen LogP contribution in [0.5, 0.6) is 0 Å². The number of nitrogens with zero attached hydrogens (tertiary/aromatic N) is 1. The molecule has 0 amide bonds. The minimum Gasteiger partial charge on any atom is -0.394 e. The summed E-state index contributed by atoms with van der Waals surface area (Å²) in [5.74, 6) is -1.26. The van der Waals surface area contributed by atoms with Crippen LogP contribution in [0.1, 0.15) is 13.8 Å². The lowest BCUT2D eigenvalue weighted by Gasteiger charge is -2.16. The minimum absolute atomic E-state index is 0.0938. The monoisotopic (exact) mass is 327 g/mol. The smallest absolute Gasteiger partial charge is 0.307 e. The third kappa shape index (κ3) is 5.64. The van der Waals surface area contributed by atoms with Crippen LogP contribution in [-0.4, -0.2) is 40.2 Å². The molecule has 1 atom stereocenters. The summed E-state index contributed by atoms with van der Waals surface area (Å²) in [5.41, 5.74) is -0.00334. The maximum absolute atomic E-state index is 13.8. The summed E-state index contributed by atoms with van der Waals surface area (Å²) in [7, 11) is 0. The molecule has 0 aliphatic heterocycles. The molecule has 0 aliphatic carbocycles. The fraction of sp³-hybridized carbons (Fsp3) is 0.357. The van der Waals surface area contributed by atoms with E-state index in [0.717, 1.165) is 12.1 Å². The van der Waals surface area contributed by atoms with Gasteiger partial charge in [-0.05, 0) is 19.9 Å². The molecule has 4 N–H and O–H groups in total. The standard InChI is InChI=1S/C14H18FN3O5/c1-8(3-9(2)20)17-13-4-11(15)14(18(22)23)5-12(13)16-6-10(21)7-19/h3-5,10,16-17,19,21H,6-7H2,1-2H3. The number of carbonyl (C=O) groups is 1. The predicted octanol–water partition coefficient (Wildman–Crippen LogP) is 1.40. The average molecular weight is 327 g/mol. The number of hydrogen-bond acceptors (Lipinski definition) is 7.